The standard InChI is InChI=1S/C14H19Cl2NOS/c1-17-14(10-4-2-3-5-10)9-19(18)11-6-7-12(15)13(16)8-11/h6-8,10,14,17H,2-5,9H2,1H3. The Balaban J connectivity index is 2.04. The van der Waals surface area contributed by atoms with E-state index in [-0.39, 0.29) is 0 Å². The van der Waals surface area contributed by atoms with Crippen LogP contribution >= 0.6 is 23.2 Å². The molecule has 0 saturated heterocycles. The van der Waals surface area contributed by atoms with Crippen molar-refractivity contribution >= 4 is 34.0 Å². The first-order valence-electron chi connectivity index (χ1n) is 6.62. The monoisotopic (exact) mass is 319 g/mol. The summed E-state index contributed by atoms with van der Waals surface area (Å²) >= 11 is 11.9. The largest absolute Gasteiger partial charge is 0.316 e. The summed E-state index contributed by atoms with van der Waals surface area (Å²) < 4.78 is 12.4. The lowest BCUT2D eigenvalue weighted by molar-refractivity contribution is 0.408. The molecule has 2 unspecified atom stereocenters. The van der Waals surface area contributed by atoms with Crippen molar-refractivity contribution in [1.29, 1.82) is 0 Å². The van der Waals surface area contributed by atoms with E-state index in [1.807, 2.05) is 7.05 Å². The van der Waals surface area contributed by atoms with Gasteiger partial charge in [-0.2, -0.15) is 0 Å². The van der Waals surface area contributed by atoms with Crippen molar-refractivity contribution < 1.29 is 4.21 Å². The Morgan fingerprint density at radius 3 is 2.58 bits per heavy atom. The first-order valence-corrected chi connectivity index (χ1v) is 8.70. The molecule has 1 fully saturated rings. The molecule has 0 radical (unpaired) electrons. The maximum Gasteiger partial charge on any atom is 0.0604 e. The minimum absolute atomic E-state index is 0.317. The van der Waals surface area contributed by atoms with E-state index in [4.69, 9.17) is 23.2 Å². The molecule has 1 aromatic carbocycles. The molecule has 0 aliphatic heterocycles. The Kier molecular flexibility index (Phi) is 5.70. The highest BCUT2D eigenvalue weighted by Crippen LogP contribution is 2.29. The van der Waals surface area contributed by atoms with Gasteiger partial charge in [-0.15, -0.1) is 0 Å². The molecular weight excluding hydrogens is 301 g/mol. The molecule has 106 valence electrons. The second-order valence-corrected chi connectivity index (χ2v) is 7.34. The molecule has 1 aliphatic rings. The highest BCUT2D eigenvalue weighted by atomic mass is 35.5. The molecule has 2 nitrogen and oxygen atoms in total. The van der Waals surface area contributed by atoms with E-state index in [0.29, 0.717) is 27.8 Å². The summed E-state index contributed by atoms with van der Waals surface area (Å²) in [6, 6.07) is 5.53. The van der Waals surface area contributed by atoms with Gasteiger partial charge in [0.15, 0.2) is 0 Å². The van der Waals surface area contributed by atoms with E-state index in [2.05, 4.69) is 5.32 Å². The second-order valence-electron chi connectivity index (χ2n) is 5.03. The third-order valence-corrected chi connectivity index (χ3v) is 6.01. The summed E-state index contributed by atoms with van der Waals surface area (Å²) in [6.45, 7) is 0. The Bertz CT molecular complexity index is 461. The second kappa shape index (κ2) is 7.07. The van der Waals surface area contributed by atoms with Gasteiger partial charge in [0.05, 0.1) is 20.8 Å². The van der Waals surface area contributed by atoms with E-state index in [1.54, 1.807) is 18.2 Å². The van der Waals surface area contributed by atoms with Crippen LogP contribution in [0, 0.1) is 5.92 Å². The van der Waals surface area contributed by atoms with Gasteiger partial charge in [0.2, 0.25) is 0 Å². The van der Waals surface area contributed by atoms with E-state index < -0.39 is 10.8 Å². The molecule has 0 spiro atoms. The molecule has 0 aromatic heterocycles. The molecule has 0 bridgehead atoms. The van der Waals surface area contributed by atoms with Crippen molar-refractivity contribution in [3.8, 4) is 0 Å². The van der Waals surface area contributed by atoms with Gasteiger partial charge in [0.25, 0.3) is 0 Å². The molecule has 2 rings (SSSR count). The molecule has 2 atom stereocenters. The fraction of sp³-hybridized carbons (Fsp3) is 0.571. The van der Waals surface area contributed by atoms with Crippen molar-refractivity contribution in [1.82, 2.24) is 5.32 Å². The third-order valence-electron chi connectivity index (χ3n) is 3.82. The molecule has 5 heteroatoms. The van der Waals surface area contributed by atoms with Crippen LogP contribution in [-0.4, -0.2) is 23.1 Å². The average molecular weight is 320 g/mol. The summed E-state index contributed by atoms with van der Waals surface area (Å²) in [4.78, 5) is 0.757. The van der Waals surface area contributed by atoms with Crippen LogP contribution in [0.3, 0.4) is 0 Å². The van der Waals surface area contributed by atoms with Crippen molar-refractivity contribution in [3.63, 3.8) is 0 Å². The van der Waals surface area contributed by atoms with Gasteiger partial charge in [0.1, 0.15) is 0 Å². The smallest absolute Gasteiger partial charge is 0.0604 e. The maximum atomic E-state index is 12.4. The Labute approximate surface area is 127 Å². The lowest BCUT2D eigenvalue weighted by Crippen LogP contribution is -2.37. The zero-order chi connectivity index (χ0) is 13.8. The minimum atomic E-state index is -1.03. The van der Waals surface area contributed by atoms with Gasteiger partial charge in [-0.1, -0.05) is 36.0 Å². The van der Waals surface area contributed by atoms with Crippen molar-refractivity contribution in [2.75, 3.05) is 12.8 Å². The third kappa shape index (κ3) is 3.94. The van der Waals surface area contributed by atoms with Gasteiger partial charge in [0, 0.05) is 16.7 Å². The summed E-state index contributed by atoms with van der Waals surface area (Å²) in [7, 11) is 0.920. The Morgan fingerprint density at radius 2 is 2.00 bits per heavy atom. The number of hydrogen-bond acceptors (Lipinski definition) is 2. The molecule has 1 saturated carbocycles. The van der Waals surface area contributed by atoms with Crippen LogP contribution in [0.5, 0.6) is 0 Å². The zero-order valence-corrected chi connectivity index (χ0v) is 13.3. The van der Waals surface area contributed by atoms with Gasteiger partial charge >= 0.3 is 0 Å². The molecule has 1 aromatic rings. The molecular formula is C14H19Cl2NOS. The number of rotatable bonds is 5. The molecule has 0 amide bonds. The average Bonchev–Trinajstić information content (AvgIpc) is 2.92. The minimum Gasteiger partial charge on any atom is -0.316 e. The predicted molar refractivity (Wildman–Crippen MR) is 82.5 cm³/mol. The van der Waals surface area contributed by atoms with Crippen LogP contribution in [0.2, 0.25) is 10.0 Å². The first kappa shape index (κ1) is 15.3. The van der Waals surface area contributed by atoms with Crippen molar-refractivity contribution in [3.05, 3.63) is 28.2 Å². The van der Waals surface area contributed by atoms with Crippen molar-refractivity contribution in [2.45, 2.75) is 36.6 Å². The zero-order valence-electron chi connectivity index (χ0n) is 11.0. The van der Waals surface area contributed by atoms with E-state index in [0.717, 1.165) is 4.90 Å². The normalized spacial score (nSPS) is 19.5. The number of nitrogens with one attached hydrogen (secondary N) is 1. The molecule has 0 heterocycles. The quantitative estimate of drug-likeness (QED) is 0.892. The van der Waals surface area contributed by atoms with Crippen molar-refractivity contribution in [2.24, 2.45) is 5.92 Å². The van der Waals surface area contributed by atoms with Gasteiger partial charge in [-0.3, -0.25) is 4.21 Å². The fourth-order valence-electron chi connectivity index (χ4n) is 2.69. The number of hydrogen-bond donors (Lipinski definition) is 1. The van der Waals surface area contributed by atoms with Gasteiger partial charge in [-0.05, 0) is 44.0 Å². The predicted octanol–water partition coefficient (Wildman–Crippen LogP) is 3.88. The van der Waals surface area contributed by atoms with E-state index in [9.17, 15) is 4.21 Å². The van der Waals surface area contributed by atoms with Crippen LogP contribution in [-0.2, 0) is 10.8 Å². The van der Waals surface area contributed by atoms with E-state index >= 15 is 0 Å². The Hall–Kier alpha value is -0.0900. The van der Waals surface area contributed by atoms with Gasteiger partial charge < -0.3 is 5.32 Å². The van der Waals surface area contributed by atoms with Crippen LogP contribution < -0.4 is 5.32 Å². The SMILES string of the molecule is CNC(CS(=O)c1ccc(Cl)c(Cl)c1)C1CCCC1. The molecule has 1 N–H and O–H groups in total. The Morgan fingerprint density at radius 1 is 1.32 bits per heavy atom. The molecule has 1 aliphatic carbocycles. The number of benzene rings is 1. The first-order chi connectivity index (χ1) is 9.11. The highest BCUT2D eigenvalue weighted by molar-refractivity contribution is 7.85. The summed E-state index contributed by atoms with van der Waals surface area (Å²) in [5.74, 6) is 1.29. The van der Waals surface area contributed by atoms with Gasteiger partial charge in [-0.25, -0.2) is 0 Å². The van der Waals surface area contributed by atoms with Crippen LogP contribution in [0.4, 0.5) is 0 Å². The van der Waals surface area contributed by atoms with Crippen LogP contribution in [0.25, 0.3) is 0 Å². The van der Waals surface area contributed by atoms with Crippen LogP contribution in [0.15, 0.2) is 23.1 Å². The summed E-state index contributed by atoms with van der Waals surface area (Å²) in [5, 5.41) is 4.29. The fourth-order valence-corrected chi connectivity index (χ4v) is 4.48. The lowest BCUT2D eigenvalue weighted by Gasteiger charge is -2.22. The molecule has 19 heavy (non-hydrogen) atoms. The van der Waals surface area contributed by atoms with E-state index in [1.165, 1.54) is 25.7 Å². The maximum absolute atomic E-state index is 12.4. The number of halogens is 2. The highest BCUT2D eigenvalue weighted by Gasteiger charge is 2.25. The summed E-state index contributed by atoms with van der Waals surface area (Å²) in [5.41, 5.74) is 0. The lowest BCUT2D eigenvalue weighted by atomic mass is 10.0. The summed E-state index contributed by atoms with van der Waals surface area (Å²) in [6.07, 6.45) is 5.07. The van der Waals surface area contributed by atoms with Crippen LogP contribution in [0.1, 0.15) is 25.7 Å². The topological polar surface area (TPSA) is 29.1 Å².